The molecule has 1 aliphatic heterocycles. The maximum Gasteiger partial charge on any atom is 0.122 e. The van der Waals surface area contributed by atoms with Crippen LogP contribution in [0, 0.1) is 13.8 Å². The van der Waals surface area contributed by atoms with Crippen LogP contribution in [0.2, 0.25) is 0 Å². The Kier molecular flexibility index (Phi) is 5.62. The number of β-amino-alcohol motifs (C(OH)–C–C–N with tert-alkyl or cyclic N) is 1. The first kappa shape index (κ1) is 16.3. The van der Waals surface area contributed by atoms with Crippen LogP contribution in [0.5, 0.6) is 5.75 Å². The van der Waals surface area contributed by atoms with Crippen LogP contribution in [0.3, 0.4) is 0 Å². The highest BCUT2D eigenvalue weighted by molar-refractivity contribution is 5.38. The molecule has 4 nitrogen and oxygen atoms in total. The Hall–Kier alpha value is -1.10. The van der Waals surface area contributed by atoms with Gasteiger partial charge in [0.1, 0.15) is 18.5 Å². The first-order valence-corrected chi connectivity index (χ1v) is 7.70. The van der Waals surface area contributed by atoms with Gasteiger partial charge in [-0.05, 0) is 44.9 Å². The lowest BCUT2D eigenvalue weighted by Gasteiger charge is -2.36. The van der Waals surface area contributed by atoms with Gasteiger partial charge in [-0.1, -0.05) is 12.1 Å². The van der Waals surface area contributed by atoms with Gasteiger partial charge in [-0.3, -0.25) is 4.90 Å². The van der Waals surface area contributed by atoms with Gasteiger partial charge in [0.25, 0.3) is 0 Å². The summed E-state index contributed by atoms with van der Waals surface area (Å²) < 4.78 is 11.5. The minimum atomic E-state index is -0.484. The van der Waals surface area contributed by atoms with Crippen molar-refractivity contribution in [3.63, 3.8) is 0 Å². The molecule has 1 N–H and O–H groups in total. The van der Waals surface area contributed by atoms with E-state index in [0.29, 0.717) is 13.2 Å². The summed E-state index contributed by atoms with van der Waals surface area (Å²) in [5, 5.41) is 10.2. The van der Waals surface area contributed by atoms with Gasteiger partial charge in [0.15, 0.2) is 0 Å². The van der Waals surface area contributed by atoms with E-state index in [1.807, 2.05) is 19.1 Å². The molecule has 1 aromatic rings. The van der Waals surface area contributed by atoms with Crippen molar-refractivity contribution >= 4 is 0 Å². The zero-order chi connectivity index (χ0) is 15.4. The summed E-state index contributed by atoms with van der Waals surface area (Å²) in [5.41, 5.74) is 2.34. The summed E-state index contributed by atoms with van der Waals surface area (Å²) >= 11 is 0. The van der Waals surface area contributed by atoms with Gasteiger partial charge in [0.05, 0.1) is 12.2 Å². The molecule has 1 aliphatic rings. The third kappa shape index (κ3) is 4.70. The van der Waals surface area contributed by atoms with Crippen molar-refractivity contribution in [3.8, 4) is 5.75 Å². The quantitative estimate of drug-likeness (QED) is 0.903. The van der Waals surface area contributed by atoms with Crippen molar-refractivity contribution in [2.24, 2.45) is 0 Å². The molecule has 0 spiro atoms. The number of aliphatic hydroxyl groups is 1. The lowest BCUT2D eigenvalue weighted by atomic mass is 10.1. The second-order valence-electron chi connectivity index (χ2n) is 6.14. The van der Waals surface area contributed by atoms with Crippen molar-refractivity contribution < 1.29 is 14.6 Å². The average Bonchev–Trinajstić information content (AvgIpc) is 2.39. The summed E-state index contributed by atoms with van der Waals surface area (Å²) in [7, 11) is 0. The molecule has 0 bridgehead atoms. The molecular weight excluding hydrogens is 266 g/mol. The maximum absolute atomic E-state index is 10.2. The Morgan fingerprint density at radius 1 is 1.29 bits per heavy atom. The van der Waals surface area contributed by atoms with E-state index in [1.165, 1.54) is 5.56 Å². The standard InChI is InChI=1S/C17H27NO3/c1-12-6-5-7-17(15(12)4)20-11-16(19)10-18-8-13(2)21-14(3)9-18/h5-7,13-14,16,19H,8-11H2,1-4H3/t13-,14-,16-/m1/s1. The van der Waals surface area contributed by atoms with Crippen LogP contribution in [-0.4, -0.2) is 54.6 Å². The molecule has 118 valence electrons. The Morgan fingerprint density at radius 2 is 1.95 bits per heavy atom. The second kappa shape index (κ2) is 7.25. The Morgan fingerprint density at radius 3 is 2.62 bits per heavy atom. The molecule has 1 aromatic carbocycles. The topological polar surface area (TPSA) is 41.9 Å². The number of hydrogen-bond acceptors (Lipinski definition) is 4. The number of ether oxygens (including phenoxy) is 2. The normalized spacial score (nSPS) is 24.8. The van der Waals surface area contributed by atoms with Crippen molar-refractivity contribution in [1.82, 2.24) is 4.90 Å². The van der Waals surface area contributed by atoms with E-state index < -0.39 is 6.10 Å². The smallest absolute Gasteiger partial charge is 0.122 e. The third-order valence-corrected chi connectivity index (χ3v) is 3.95. The molecule has 0 amide bonds. The number of aliphatic hydroxyl groups excluding tert-OH is 1. The molecule has 0 saturated carbocycles. The van der Waals surface area contributed by atoms with Crippen LogP contribution in [0.1, 0.15) is 25.0 Å². The van der Waals surface area contributed by atoms with Gasteiger partial charge < -0.3 is 14.6 Å². The number of aryl methyl sites for hydroxylation is 1. The number of rotatable bonds is 5. The molecular formula is C17H27NO3. The van der Waals surface area contributed by atoms with Crippen LogP contribution in [0.4, 0.5) is 0 Å². The highest BCUT2D eigenvalue weighted by Gasteiger charge is 2.24. The zero-order valence-electron chi connectivity index (χ0n) is 13.5. The van der Waals surface area contributed by atoms with E-state index in [9.17, 15) is 5.11 Å². The lowest BCUT2D eigenvalue weighted by molar-refractivity contribution is -0.0786. The first-order valence-electron chi connectivity index (χ1n) is 7.70. The highest BCUT2D eigenvalue weighted by atomic mass is 16.5. The fraction of sp³-hybridized carbons (Fsp3) is 0.647. The minimum Gasteiger partial charge on any atom is -0.491 e. The fourth-order valence-electron chi connectivity index (χ4n) is 2.85. The van der Waals surface area contributed by atoms with Crippen molar-refractivity contribution in [3.05, 3.63) is 29.3 Å². The van der Waals surface area contributed by atoms with Crippen molar-refractivity contribution in [2.75, 3.05) is 26.2 Å². The van der Waals surface area contributed by atoms with Crippen LogP contribution in [0.15, 0.2) is 18.2 Å². The first-order chi connectivity index (χ1) is 9.95. The average molecular weight is 293 g/mol. The van der Waals surface area contributed by atoms with Gasteiger partial charge in [0.2, 0.25) is 0 Å². The van der Waals surface area contributed by atoms with Crippen molar-refractivity contribution in [2.45, 2.75) is 46.0 Å². The molecule has 1 fully saturated rings. The Bertz CT molecular complexity index is 453. The summed E-state index contributed by atoms with van der Waals surface area (Å²) in [6.07, 6.45) is -0.0378. The monoisotopic (exact) mass is 293 g/mol. The van der Waals surface area contributed by atoms with E-state index in [1.54, 1.807) is 0 Å². The van der Waals surface area contributed by atoms with E-state index in [4.69, 9.17) is 9.47 Å². The number of nitrogens with zero attached hydrogens (tertiary/aromatic N) is 1. The minimum absolute atomic E-state index is 0.223. The second-order valence-corrected chi connectivity index (χ2v) is 6.14. The molecule has 21 heavy (non-hydrogen) atoms. The van der Waals surface area contributed by atoms with Crippen LogP contribution in [-0.2, 0) is 4.74 Å². The van der Waals surface area contributed by atoms with E-state index >= 15 is 0 Å². The van der Waals surface area contributed by atoms with Gasteiger partial charge >= 0.3 is 0 Å². The van der Waals surface area contributed by atoms with Crippen LogP contribution < -0.4 is 4.74 Å². The molecule has 2 rings (SSSR count). The van der Waals surface area contributed by atoms with Gasteiger partial charge in [-0.15, -0.1) is 0 Å². The fourth-order valence-corrected chi connectivity index (χ4v) is 2.85. The maximum atomic E-state index is 10.2. The SMILES string of the molecule is Cc1cccc(OC[C@H](O)CN2C[C@@H](C)O[C@H](C)C2)c1C. The summed E-state index contributed by atoms with van der Waals surface area (Å²) in [6, 6.07) is 6.00. The summed E-state index contributed by atoms with van der Waals surface area (Å²) in [4.78, 5) is 2.25. The number of benzene rings is 1. The summed E-state index contributed by atoms with van der Waals surface area (Å²) in [5.74, 6) is 0.859. The zero-order valence-corrected chi connectivity index (χ0v) is 13.5. The molecule has 3 atom stereocenters. The largest absolute Gasteiger partial charge is 0.491 e. The van der Waals surface area contributed by atoms with E-state index in [0.717, 1.165) is 24.4 Å². The predicted molar refractivity (Wildman–Crippen MR) is 83.9 cm³/mol. The summed E-state index contributed by atoms with van der Waals surface area (Å²) in [6.45, 7) is 10.9. The Balaban J connectivity index is 1.82. The predicted octanol–water partition coefficient (Wildman–Crippen LogP) is 2.15. The molecule has 0 aromatic heterocycles. The van der Waals surface area contributed by atoms with Crippen LogP contribution >= 0.6 is 0 Å². The van der Waals surface area contributed by atoms with Gasteiger partial charge in [0, 0.05) is 19.6 Å². The molecule has 4 heteroatoms. The number of morpholine rings is 1. The molecule has 0 radical (unpaired) electrons. The van der Waals surface area contributed by atoms with E-state index in [-0.39, 0.29) is 12.2 Å². The van der Waals surface area contributed by atoms with E-state index in [2.05, 4.69) is 31.7 Å². The number of hydrogen-bond donors (Lipinski definition) is 1. The molecule has 1 heterocycles. The van der Waals surface area contributed by atoms with Gasteiger partial charge in [-0.2, -0.15) is 0 Å². The third-order valence-electron chi connectivity index (χ3n) is 3.95. The molecule has 0 unspecified atom stereocenters. The van der Waals surface area contributed by atoms with Gasteiger partial charge in [-0.25, -0.2) is 0 Å². The lowest BCUT2D eigenvalue weighted by Crippen LogP contribution is -2.48. The molecule has 0 aliphatic carbocycles. The highest BCUT2D eigenvalue weighted by Crippen LogP contribution is 2.20. The Labute approximate surface area is 127 Å². The van der Waals surface area contributed by atoms with Crippen molar-refractivity contribution in [1.29, 1.82) is 0 Å². The molecule has 1 saturated heterocycles. The van der Waals surface area contributed by atoms with Crippen LogP contribution in [0.25, 0.3) is 0 Å².